The summed E-state index contributed by atoms with van der Waals surface area (Å²) in [6.07, 6.45) is 3.27. The average molecular weight is 227 g/mol. The van der Waals surface area contributed by atoms with E-state index in [0.717, 1.165) is 19.1 Å². The molecule has 3 nitrogen and oxygen atoms in total. The first-order valence-corrected chi connectivity index (χ1v) is 9.32. The number of aliphatic imine (C=N–C) groups is 1. The van der Waals surface area contributed by atoms with E-state index in [1.165, 1.54) is 0 Å². The van der Waals surface area contributed by atoms with Crippen LogP contribution in [0.3, 0.4) is 0 Å². The maximum absolute atomic E-state index is 11.4. The summed E-state index contributed by atoms with van der Waals surface area (Å²) in [6, 6.07) is 0.929. The molecule has 4 heteroatoms. The lowest BCUT2D eigenvalue weighted by atomic mass is 10.1. The second kappa shape index (κ2) is 5.56. The molecule has 0 bridgehead atoms. The molecule has 1 heterocycles. The number of carbonyl (C=O) groups is 1. The SMILES string of the molecule is C[Si](C)(C)CCOCC1N=CCCC1=O. The fourth-order valence-corrected chi connectivity index (χ4v) is 2.12. The zero-order chi connectivity index (χ0) is 11.3. The summed E-state index contributed by atoms with van der Waals surface area (Å²) < 4.78 is 5.52. The largest absolute Gasteiger partial charge is 0.379 e. The van der Waals surface area contributed by atoms with Gasteiger partial charge in [-0.3, -0.25) is 9.79 Å². The van der Waals surface area contributed by atoms with Crippen LogP contribution in [0.5, 0.6) is 0 Å². The van der Waals surface area contributed by atoms with Crippen molar-refractivity contribution >= 4 is 20.1 Å². The molecular weight excluding hydrogens is 206 g/mol. The van der Waals surface area contributed by atoms with Gasteiger partial charge in [0, 0.05) is 27.3 Å². The van der Waals surface area contributed by atoms with Crippen molar-refractivity contribution in [2.75, 3.05) is 13.2 Å². The molecule has 1 aliphatic heterocycles. The van der Waals surface area contributed by atoms with Gasteiger partial charge in [0.05, 0.1) is 6.61 Å². The molecule has 0 amide bonds. The highest BCUT2D eigenvalue weighted by atomic mass is 28.3. The van der Waals surface area contributed by atoms with E-state index in [0.29, 0.717) is 13.0 Å². The van der Waals surface area contributed by atoms with Gasteiger partial charge in [0.1, 0.15) is 6.04 Å². The fourth-order valence-electron chi connectivity index (χ4n) is 1.37. The quantitative estimate of drug-likeness (QED) is 0.533. The summed E-state index contributed by atoms with van der Waals surface area (Å²) in [7, 11) is -1.01. The molecule has 86 valence electrons. The summed E-state index contributed by atoms with van der Waals surface area (Å²) in [6.45, 7) is 8.20. The number of nitrogens with zero attached hydrogens (tertiary/aromatic N) is 1. The molecule has 15 heavy (non-hydrogen) atoms. The summed E-state index contributed by atoms with van der Waals surface area (Å²) >= 11 is 0. The molecule has 0 saturated carbocycles. The number of rotatable bonds is 5. The van der Waals surface area contributed by atoms with Crippen molar-refractivity contribution in [1.29, 1.82) is 0 Å². The molecule has 1 atom stereocenters. The van der Waals surface area contributed by atoms with Crippen LogP contribution in [0.1, 0.15) is 12.8 Å². The number of hydrogen-bond acceptors (Lipinski definition) is 3. The number of hydrogen-bond donors (Lipinski definition) is 0. The normalized spacial score (nSPS) is 22.1. The van der Waals surface area contributed by atoms with E-state index >= 15 is 0 Å². The van der Waals surface area contributed by atoms with Crippen molar-refractivity contribution in [2.24, 2.45) is 4.99 Å². The molecule has 1 rings (SSSR count). The van der Waals surface area contributed by atoms with Crippen molar-refractivity contribution < 1.29 is 9.53 Å². The highest BCUT2D eigenvalue weighted by molar-refractivity contribution is 6.76. The highest BCUT2D eigenvalue weighted by Crippen LogP contribution is 2.09. The molecule has 1 aliphatic rings. The van der Waals surface area contributed by atoms with Crippen LogP contribution in [-0.2, 0) is 9.53 Å². The number of ketones is 1. The van der Waals surface area contributed by atoms with Gasteiger partial charge < -0.3 is 4.74 Å². The topological polar surface area (TPSA) is 38.7 Å². The van der Waals surface area contributed by atoms with Gasteiger partial charge >= 0.3 is 0 Å². The van der Waals surface area contributed by atoms with Crippen LogP contribution in [0, 0.1) is 0 Å². The number of Topliss-reactive ketones (excluding diaryl/α,β-unsaturated/α-hetero) is 1. The van der Waals surface area contributed by atoms with Crippen molar-refractivity contribution in [2.45, 2.75) is 44.6 Å². The molecule has 0 N–H and O–H groups in total. The van der Waals surface area contributed by atoms with E-state index in [1.54, 1.807) is 0 Å². The second-order valence-electron chi connectivity index (χ2n) is 5.24. The van der Waals surface area contributed by atoms with Crippen LogP contribution in [0.25, 0.3) is 0 Å². The third kappa shape index (κ3) is 5.23. The second-order valence-corrected chi connectivity index (χ2v) is 10.9. The molecule has 1 unspecified atom stereocenters. The van der Waals surface area contributed by atoms with Gasteiger partial charge in [-0.1, -0.05) is 19.6 Å². The Balaban J connectivity index is 2.17. The summed E-state index contributed by atoms with van der Waals surface area (Å²) in [5.41, 5.74) is 0. The maximum Gasteiger partial charge on any atom is 0.160 e. The van der Waals surface area contributed by atoms with Crippen LogP contribution in [-0.4, -0.2) is 39.3 Å². The van der Waals surface area contributed by atoms with E-state index in [-0.39, 0.29) is 11.8 Å². The molecule has 0 saturated heterocycles. The minimum Gasteiger partial charge on any atom is -0.379 e. The molecule has 0 aromatic rings. The first-order chi connectivity index (χ1) is 6.99. The predicted octanol–water partition coefficient (Wildman–Crippen LogP) is 2.14. The lowest BCUT2D eigenvalue weighted by Crippen LogP contribution is -2.29. The third-order valence-electron chi connectivity index (χ3n) is 2.45. The minimum absolute atomic E-state index is 0.222. The van der Waals surface area contributed by atoms with Crippen LogP contribution < -0.4 is 0 Å². The Morgan fingerprint density at radius 3 is 2.87 bits per heavy atom. The van der Waals surface area contributed by atoms with Gasteiger partial charge in [-0.05, 0) is 12.5 Å². The van der Waals surface area contributed by atoms with Gasteiger partial charge in [0.25, 0.3) is 0 Å². The Bertz CT molecular complexity index is 245. The first kappa shape index (κ1) is 12.6. The molecule has 0 radical (unpaired) electrons. The van der Waals surface area contributed by atoms with Crippen LogP contribution >= 0.6 is 0 Å². The Morgan fingerprint density at radius 2 is 2.27 bits per heavy atom. The molecule has 0 aromatic heterocycles. The highest BCUT2D eigenvalue weighted by Gasteiger charge is 2.19. The lowest BCUT2D eigenvalue weighted by Gasteiger charge is -2.18. The van der Waals surface area contributed by atoms with Crippen molar-refractivity contribution in [3.63, 3.8) is 0 Å². The first-order valence-electron chi connectivity index (χ1n) is 5.61. The van der Waals surface area contributed by atoms with E-state index < -0.39 is 8.07 Å². The van der Waals surface area contributed by atoms with Crippen molar-refractivity contribution in [3.05, 3.63) is 0 Å². The van der Waals surface area contributed by atoms with Crippen molar-refractivity contribution in [3.8, 4) is 0 Å². The average Bonchev–Trinajstić information content (AvgIpc) is 2.13. The van der Waals surface area contributed by atoms with Crippen LogP contribution in [0.2, 0.25) is 25.7 Å². The molecular formula is C11H21NO2Si. The number of ether oxygens (including phenoxy) is 1. The monoisotopic (exact) mass is 227 g/mol. The lowest BCUT2D eigenvalue weighted by molar-refractivity contribution is -0.121. The van der Waals surface area contributed by atoms with Gasteiger partial charge in [-0.25, -0.2) is 0 Å². The van der Waals surface area contributed by atoms with E-state index in [9.17, 15) is 4.79 Å². The maximum atomic E-state index is 11.4. The van der Waals surface area contributed by atoms with Crippen LogP contribution in [0.4, 0.5) is 0 Å². The zero-order valence-electron chi connectivity index (χ0n) is 9.95. The van der Waals surface area contributed by atoms with Crippen molar-refractivity contribution in [1.82, 2.24) is 0 Å². The fraction of sp³-hybridized carbons (Fsp3) is 0.818. The third-order valence-corrected chi connectivity index (χ3v) is 4.15. The minimum atomic E-state index is -1.01. The molecule has 0 aliphatic carbocycles. The molecule has 0 aromatic carbocycles. The van der Waals surface area contributed by atoms with E-state index in [2.05, 4.69) is 24.6 Å². The number of carbonyl (C=O) groups excluding carboxylic acids is 1. The van der Waals surface area contributed by atoms with Crippen LogP contribution in [0.15, 0.2) is 4.99 Å². The van der Waals surface area contributed by atoms with E-state index in [4.69, 9.17) is 4.74 Å². The van der Waals surface area contributed by atoms with Gasteiger partial charge in [-0.2, -0.15) is 0 Å². The smallest absolute Gasteiger partial charge is 0.160 e. The summed E-state index contributed by atoms with van der Waals surface area (Å²) in [5, 5.41) is 0. The standard InChI is InChI=1S/C11H21NO2Si/c1-15(2,3)8-7-14-9-10-11(13)5-4-6-12-10/h6,10H,4-5,7-9H2,1-3H3. The zero-order valence-corrected chi connectivity index (χ0v) is 11.0. The van der Waals surface area contributed by atoms with Gasteiger partial charge in [0.15, 0.2) is 5.78 Å². The molecule has 0 spiro atoms. The molecule has 0 fully saturated rings. The van der Waals surface area contributed by atoms with Gasteiger partial charge in [-0.15, -0.1) is 0 Å². The van der Waals surface area contributed by atoms with E-state index in [1.807, 2.05) is 6.21 Å². The Labute approximate surface area is 92.9 Å². The Kier molecular flexibility index (Phi) is 4.66. The summed E-state index contributed by atoms with van der Waals surface area (Å²) in [5.74, 6) is 0.227. The predicted molar refractivity (Wildman–Crippen MR) is 65.5 cm³/mol. The Hall–Kier alpha value is -0.483. The summed E-state index contributed by atoms with van der Waals surface area (Å²) in [4.78, 5) is 15.6. The van der Waals surface area contributed by atoms with Gasteiger partial charge in [0.2, 0.25) is 0 Å². The Morgan fingerprint density at radius 1 is 1.53 bits per heavy atom.